The van der Waals surface area contributed by atoms with E-state index in [1.807, 2.05) is 23.5 Å². The first-order valence-electron chi connectivity index (χ1n) is 2.72. The average Bonchev–Trinajstić information content (AvgIpc) is 2.19. The number of hydrogen-bond donors (Lipinski definition) is 0. The van der Waals surface area contributed by atoms with E-state index in [0.717, 1.165) is 10.5 Å². The Morgan fingerprint density at radius 1 is 1.38 bits per heavy atom. The lowest BCUT2D eigenvalue weighted by molar-refractivity contribution is 1.07. The summed E-state index contributed by atoms with van der Waals surface area (Å²) in [6, 6.07) is 0. The van der Waals surface area contributed by atoms with Crippen LogP contribution in [0.1, 0.15) is 6.42 Å². The van der Waals surface area contributed by atoms with E-state index in [4.69, 9.17) is 11.6 Å². The molecule has 0 atom stereocenters. The highest BCUT2D eigenvalue weighted by molar-refractivity contribution is 8.20. The van der Waals surface area contributed by atoms with Crippen LogP contribution >= 0.6 is 35.1 Å². The summed E-state index contributed by atoms with van der Waals surface area (Å²) in [5.74, 6) is 3.48. The van der Waals surface area contributed by atoms with Crippen molar-refractivity contribution in [3.63, 3.8) is 0 Å². The van der Waals surface area contributed by atoms with Crippen molar-refractivity contribution in [3.05, 3.63) is 0 Å². The first-order chi connectivity index (χ1) is 3.93. The van der Waals surface area contributed by atoms with E-state index < -0.39 is 0 Å². The van der Waals surface area contributed by atoms with Gasteiger partial charge in [-0.1, -0.05) is 0 Å². The maximum absolute atomic E-state index is 5.55. The van der Waals surface area contributed by atoms with Gasteiger partial charge in [-0.15, -0.1) is 35.1 Å². The number of thioether (sulfide) groups is 2. The minimum absolute atomic E-state index is 0.812. The van der Waals surface area contributed by atoms with Gasteiger partial charge in [-0.05, 0) is 6.42 Å². The topological polar surface area (TPSA) is 0 Å². The minimum atomic E-state index is 0.812. The van der Waals surface area contributed by atoms with Gasteiger partial charge in [0.25, 0.3) is 0 Å². The molecule has 0 nitrogen and oxygen atoms in total. The Morgan fingerprint density at radius 2 is 2.00 bits per heavy atom. The summed E-state index contributed by atoms with van der Waals surface area (Å²) >= 11 is 9.65. The van der Waals surface area contributed by atoms with Gasteiger partial charge in [0.2, 0.25) is 0 Å². The molecule has 1 fully saturated rings. The molecule has 0 aliphatic carbocycles. The molecule has 0 aromatic heterocycles. The third-order valence-corrected chi connectivity index (χ3v) is 4.42. The van der Waals surface area contributed by atoms with Gasteiger partial charge in [0, 0.05) is 17.4 Å². The van der Waals surface area contributed by atoms with Crippen molar-refractivity contribution in [1.82, 2.24) is 0 Å². The maximum Gasteiger partial charge on any atom is 0.0514 e. The van der Waals surface area contributed by atoms with Gasteiger partial charge in [0.05, 0.1) is 4.58 Å². The Labute approximate surface area is 63.7 Å². The fourth-order valence-corrected chi connectivity index (χ4v) is 3.97. The molecule has 8 heavy (non-hydrogen) atoms. The highest BCUT2D eigenvalue weighted by Gasteiger charge is 2.14. The summed E-state index contributed by atoms with van der Waals surface area (Å²) in [5.41, 5.74) is 0. The van der Waals surface area contributed by atoms with E-state index >= 15 is 0 Å². The van der Waals surface area contributed by atoms with Crippen LogP contribution in [0.15, 0.2) is 0 Å². The van der Waals surface area contributed by atoms with E-state index in [-0.39, 0.29) is 0 Å². The first-order valence-corrected chi connectivity index (χ1v) is 5.36. The van der Waals surface area contributed by atoms with Crippen LogP contribution < -0.4 is 0 Å². The Balaban J connectivity index is 2.06. The standard InChI is InChI=1S/C5H9ClS2/c6-2-1-5-7-3-4-8-5/h5H,1-4H2. The summed E-state index contributed by atoms with van der Waals surface area (Å²) in [7, 11) is 0. The van der Waals surface area contributed by atoms with Crippen LogP contribution in [0.2, 0.25) is 0 Å². The Bertz CT molecular complexity index is 61.4. The Hall–Kier alpha value is 0.990. The normalized spacial score (nSPS) is 22.1. The SMILES string of the molecule is ClCCC1SCCS1. The molecule has 0 amide bonds. The van der Waals surface area contributed by atoms with Gasteiger partial charge < -0.3 is 0 Å². The first kappa shape index (κ1) is 7.10. The zero-order valence-electron chi connectivity index (χ0n) is 4.60. The molecule has 0 saturated carbocycles. The highest BCUT2D eigenvalue weighted by atomic mass is 35.5. The van der Waals surface area contributed by atoms with Crippen LogP contribution in [-0.2, 0) is 0 Å². The summed E-state index contributed by atoms with van der Waals surface area (Å²) < 4.78 is 0.812. The minimum Gasteiger partial charge on any atom is -0.147 e. The van der Waals surface area contributed by atoms with Crippen molar-refractivity contribution in [1.29, 1.82) is 0 Å². The van der Waals surface area contributed by atoms with Crippen molar-refractivity contribution in [3.8, 4) is 0 Å². The van der Waals surface area contributed by atoms with Crippen molar-refractivity contribution < 1.29 is 0 Å². The maximum atomic E-state index is 5.55. The molecule has 48 valence electrons. The lowest BCUT2D eigenvalue weighted by atomic mass is 10.6. The lowest BCUT2D eigenvalue weighted by Crippen LogP contribution is -1.90. The number of rotatable bonds is 2. The van der Waals surface area contributed by atoms with E-state index in [1.165, 1.54) is 17.9 Å². The molecule has 3 heteroatoms. The van der Waals surface area contributed by atoms with Gasteiger partial charge in [0.15, 0.2) is 0 Å². The quantitative estimate of drug-likeness (QED) is 0.581. The predicted molar refractivity (Wildman–Crippen MR) is 44.0 cm³/mol. The molecule has 0 N–H and O–H groups in total. The lowest BCUT2D eigenvalue weighted by Gasteiger charge is -2.01. The average molecular weight is 169 g/mol. The van der Waals surface area contributed by atoms with Crippen LogP contribution in [0.3, 0.4) is 0 Å². The fraction of sp³-hybridized carbons (Fsp3) is 1.00. The van der Waals surface area contributed by atoms with Crippen LogP contribution in [0.5, 0.6) is 0 Å². The monoisotopic (exact) mass is 168 g/mol. The molecule has 0 aromatic rings. The molecule has 1 heterocycles. The molecule has 1 aliphatic heterocycles. The summed E-state index contributed by atoms with van der Waals surface area (Å²) in [4.78, 5) is 0. The molecule has 0 radical (unpaired) electrons. The van der Waals surface area contributed by atoms with Crippen molar-refractivity contribution in [2.75, 3.05) is 17.4 Å². The van der Waals surface area contributed by atoms with E-state index in [9.17, 15) is 0 Å². The zero-order valence-corrected chi connectivity index (χ0v) is 6.99. The molecule has 1 aliphatic rings. The second-order valence-corrected chi connectivity index (χ2v) is 4.95. The van der Waals surface area contributed by atoms with Crippen LogP contribution in [0.25, 0.3) is 0 Å². The molecular formula is C5H9ClS2. The van der Waals surface area contributed by atoms with Gasteiger partial charge >= 0.3 is 0 Å². The molecule has 0 bridgehead atoms. The molecular weight excluding hydrogens is 160 g/mol. The second kappa shape index (κ2) is 3.91. The molecule has 1 rings (SSSR count). The van der Waals surface area contributed by atoms with E-state index in [0.29, 0.717) is 0 Å². The zero-order chi connectivity index (χ0) is 5.82. The summed E-state index contributed by atoms with van der Waals surface area (Å²) in [6.45, 7) is 0. The molecule has 1 saturated heterocycles. The Kier molecular flexibility index (Phi) is 3.47. The number of hydrogen-bond acceptors (Lipinski definition) is 2. The van der Waals surface area contributed by atoms with E-state index in [1.54, 1.807) is 0 Å². The Morgan fingerprint density at radius 3 is 2.50 bits per heavy atom. The summed E-state index contributed by atoms with van der Waals surface area (Å²) in [6.07, 6.45) is 1.18. The largest absolute Gasteiger partial charge is 0.147 e. The number of alkyl halides is 1. The predicted octanol–water partition coefficient (Wildman–Crippen LogP) is 2.42. The molecule has 0 aromatic carbocycles. The van der Waals surface area contributed by atoms with Crippen LogP contribution in [0.4, 0.5) is 0 Å². The van der Waals surface area contributed by atoms with Crippen molar-refractivity contribution >= 4 is 35.1 Å². The smallest absolute Gasteiger partial charge is 0.0514 e. The summed E-state index contributed by atoms with van der Waals surface area (Å²) in [5, 5.41) is 0. The van der Waals surface area contributed by atoms with Crippen LogP contribution in [0, 0.1) is 0 Å². The second-order valence-electron chi connectivity index (χ2n) is 1.65. The van der Waals surface area contributed by atoms with Gasteiger partial charge in [-0.25, -0.2) is 0 Å². The number of halogens is 1. The third kappa shape index (κ3) is 2.08. The van der Waals surface area contributed by atoms with Gasteiger partial charge in [0.1, 0.15) is 0 Å². The molecule has 0 spiro atoms. The fourth-order valence-electron chi connectivity index (χ4n) is 0.663. The van der Waals surface area contributed by atoms with Crippen molar-refractivity contribution in [2.45, 2.75) is 11.0 Å². The third-order valence-electron chi connectivity index (χ3n) is 1.04. The van der Waals surface area contributed by atoms with Crippen LogP contribution in [-0.4, -0.2) is 22.0 Å². The molecule has 0 unspecified atom stereocenters. The van der Waals surface area contributed by atoms with Gasteiger partial charge in [-0.3, -0.25) is 0 Å². The van der Waals surface area contributed by atoms with Gasteiger partial charge in [-0.2, -0.15) is 0 Å². The van der Waals surface area contributed by atoms with Crippen molar-refractivity contribution in [2.24, 2.45) is 0 Å². The highest BCUT2D eigenvalue weighted by Crippen LogP contribution is 2.34. The van der Waals surface area contributed by atoms with E-state index in [2.05, 4.69) is 0 Å².